The van der Waals surface area contributed by atoms with E-state index in [1.54, 1.807) is 14.2 Å². The van der Waals surface area contributed by atoms with Crippen molar-refractivity contribution in [3.8, 4) is 11.5 Å². The van der Waals surface area contributed by atoms with Gasteiger partial charge in [0, 0.05) is 6.04 Å². The molecule has 1 aromatic rings. The highest BCUT2D eigenvalue weighted by molar-refractivity contribution is 9.10. The molecule has 19 heavy (non-hydrogen) atoms. The second kappa shape index (κ2) is 7.75. The maximum atomic E-state index is 5.53. The third kappa shape index (κ3) is 4.11. The molecule has 0 bridgehead atoms. The molecule has 0 saturated carbocycles. The van der Waals surface area contributed by atoms with Crippen LogP contribution in [-0.2, 0) is 0 Å². The average Bonchev–Trinajstić information content (AvgIpc) is 2.38. The van der Waals surface area contributed by atoms with Crippen molar-refractivity contribution in [3.63, 3.8) is 0 Å². The van der Waals surface area contributed by atoms with Crippen LogP contribution < -0.4 is 14.8 Å². The van der Waals surface area contributed by atoms with Crippen molar-refractivity contribution >= 4 is 15.9 Å². The van der Waals surface area contributed by atoms with Gasteiger partial charge in [0.25, 0.3) is 0 Å². The monoisotopic (exact) mass is 329 g/mol. The topological polar surface area (TPSA) is 30.5 Å². The highest BCUT2D eigenvalue weighted by atomic mass is 79.9. The van der Waals surface area contributed by atoms with Gasteiger partial charge in [0.05, 0.1) is 14.2 Å². The molecule has 1 aromatic carbocycles. The molecule has 1 N–H and O–H groups in total. The molecule has 2 unspecified atom stereocenters. The summed E-state index contributed by atoms with van der Waals surface area (Å²) in [6.07, 6.45) is 1.07. The first-order valence-electron chi connectivity index (χ1n) is 6.68. The van der Waals surface area contributed by atoms with Gasteiger partial charge in [0.2, 0.25) is 0 Å². The Morgan fingerprint density at radius 2 is 1.89 bits per heavy atom. The fourth-order valence-electron chi connectivity index (χ4n) is 2.40. The second-order valence-electron chi connectivity index (χ2n) is 4.80. The molecule has 0 aliphatic carbocycles. The van der Waals surface area contributed by atoms with Gasteiger partial charge in [-0.15, -0.1) is 0 Å². The first-order valence-corrected chi connectivity index (χ1v) is 7.48. The van der Waals surface area contributed by atoms with E-state index in [0.29, 0.717) is 12.0 Å². The highest BCUT2D eigenvalue weighted by Crippen LogP contribution is 2.41. The quantitative estimate of drug-likeness (QED) is 0.821. The van der Waals surface area contributed by atoms with E-state index < -0.39 is 0 Å². The summed E-state index contributed by atoms with van der Waals surface area (Å²) in [7, 11) is 3.36. The number of nitrogens with one attached hydrogen (secondary N) is 1. The Balaban J connectivity index is 2.96. The number of rotatable bonds is 7. The van der Waals surface area contributed by atoms with E-state index in [9.17, 15) is 0 Å². The summed E-state index contributed by atoms with van der Waals surface area (Å²) < 4.78 is 11.7. The molecule has 0 spiro atoms. The van der Waals surface area contributed by atoms with Crippen molar-refractivity contribution in [2.24, 2.45) is 0 Å². The van der Waals surface area contributed by atoms with E-state index in [1.807, 2.05) is 6.07 Å². The molecule has 0 aliphatic heterocycles. The van der Waals surface area contributed by atoms with Crippen LogP contribution in [0.2, 0.25) is 0 Å². The number of methoxy groups -OCH3 is 2. The van der Waals surface area contributed by atoms with E-state index in [0.717, 1.165) is 28.9 Å². The zero-order chi connectivity index (χ0) is 14.4. The Labute approximate surface area is 124 Å². The van der Waals surface area contributed by atoms with Gasteiger partial charge >= 0.3 is 0 Å². The van der Waals surface area contributed by atoms with Crippen molar-refractivity contribution in [3.05, 3.63) is 22.2 Å². The van der Waals surface area contributed by atoms with Crippen LogP contribution in [0.15, 0.2) is 16.6 Å². The number of benzene rings is 1. The molecule has 0 radical (unpaired) electrons. The molecule has 4 heteroatoms. The second-order valence-corrected chi connectivity index (χ2v) is 5.59. The normalized spacial score (nSPS) is 14.0. The van der Waals surface area contributed by atoms with Crippen LogP contribution in [0, 0.1) is 0 Å². The number of ether oxygens (including phenoxy) is 2. The SMILES string of the molecule is CCNC(C)CC(C)c1ccc(OC)c(Br)c1OC. The van der Waals surface area contributed by atoms with Gasteiger partial charge in [-0.2, -0.15) is 0 Å². The lowest BCUT2D eigenvalue weighted by Gasteiger charge is -2.21. The predicted octanol–water partition coefficient (Wildman–Crippen LogP) is 3.96. The Morgan fingerprint density at radius 3 is 2.42 bits per heavy atom. The molecule has 3 nitrogen and oxygen atoms in total. The number of hydrogen-bond donors (Lipinski definition) is 1. The van der Waals surface area contributed by atoms with Gasteiger partial charge in [0.1, 0.15) is 16.0 Å². The summed E-state index contributed by atoms with van der Waals surface area (Å²) in [6, 6.07) is 4.56. The zero-order valence-corrected chi connectivity index (χ0v) is 14.0. The van der Waals surface area contributed by atoms with Crippen molar-refractivity contribution in [1.82, 2.24) is 5.32 Å². The van der Waals surface area contributed by atoms with Crippen LogP contribution in [0.3, 0.4) is 0 Å². The molecule has 0 amide bonds. The van der Waals surface area contributed by atoms with Crippen LogP contribution >= 0.6 is 15.9 Å². The van der Waals surface area contributed by atoms with Crippen LogP contribution in [0.4, 0.5) is 0 Å². The van der Waals surface area contributed by atoms with Gasteiger partial charge < -0.3 is 14.8 Å². The summed E-state index contributed by atoms with van der Waals surface area (Å²) in [5.41, 5.74) is 1.21. The zero-order valence-electron chi connectivity index (χ0n) is 12.4. The molecule has 108 valence electrons. The fourth-order valence-corrected chi connectivity index (χ4v) is 3.08. The minimum atomic E-state index is 0.422. The minimum absolute atomic E-state index is 0.422. The van der Waals surface area contributed by atoms with E-state index in [2.05, 4.69) is 48.1 Å². The van der Waals surface area contributed by atoms with Crippen LogP contribution in [0.5, 0.6) is 11.5 Å². The molecule has 0 aliphatic rings. The fraction of sp³-hybridized carbons (Fsp3) is 0.600. The third-order valence-electron chi connectivity index (χ3n) is 3.31. The molecule has 0 saturated heterocycles. The lowest BCUT2D eigenvalue weighted by atomic mass is 9.93. The van der Waals surface area contributed by atoms with E-state index in [4.69, 9.17) is 9.47 Å². The lowest BCUT2D eigenvalue weighted by molar-refractivity contribution is 0.381. The van der Waals surface area contributed by atoms with Gasteiger partial charge in [-0.1, -0.05) is 19.9 Å². The summed E-state index contributed by atoms with van der Waals surface area (Å²) in [4.78, 5) is 0. The summed E-state index contributed by atoms with van der Waals surface area (Å²) in [5, 5.41) is 3.44. The molecule has 0 aromatic heterocycles. The Bertz CT molecular complexity index is 409. The Morgan fingerprint density at radius 1 is 1.21 bits per heavy atom. The van der Waals surface area contributed by atoms with Gasteiger partial charge in [-0.25, -0.2) is 0 Å². The van der Waals surface area contributed by atoms with E-state index >= 15 is 0 Å². The predicted molar refractivity (Wildman–Crippen MR) is 83.4 cm³/mol. The van der Waals surface area contributed by atoms with Crippen LogP contribution in [-0.4, -0.2) is 26.8 Å². The van der Waals surface area contributed by atoms with Crippen LogP contribution in [0.25, 0.3) is 0 Å². The number of halogens is 1. The van der Waals surface area contributed by atoms with Gasteiger partial charge in [0.15, 0.2) is 0 Å². The van der Waals surface area contributed by atoms with Crippen LogP contribution in [0.1, 0.15) is 38.7 Å². The number of hydrogen-bond acceptors (Lipinski definition) is 3. The Hall–Kier alpha value is -0.740. The summed E-state index contributed by atoms with van der Waals surface area (Å²) >= 11 is 3.55. The molecule has 0 heterocycles. The van der Waals surface area contributed by atoms with Crippen molar-refractivity contribution in [2.45, 2.75) is 39.2 Å². The van der Waals surface area contributed by atoms with E-state index in [-0.39, 0.29) is 0 Å². The molecule has 0 fully saturated rings. The summed E-state index contributed by atoms with van der Waals surface area (Å²) in [6.45, 7) is 7.57. The van der Waals surface area contributed by atoms with Crippen molar-refractivity contribution in [1.29, 1.82) is 0 Å². The van der Waals surface area contributed by atoms with Crippen molar-refractivity contribution in [2.75, 3.05) is 20.8 Å². The summed E-state index contributed by atoms with van der Waals surface area (Å²) in [5.74, 6) is 2.09. The van der Waals surface area contributed by atoms with E-state index in [1.165, 1.54) is 5.56 Å². The smallest absolute Gasteiger partial charge is 0.140 e. The Kier molecular flexibility index (Phi) is 6.66. The maximum absolute atomic E-state index is 5.53. The molecular formula is C15H24BrNO2. The largest absolute Gasteiger partial charge is 0.495 e. The van der Waals surface area contributed by atoms with Gasteiger partial charge in [-0.3, -0.25) is 0 Å². The van der Waals surface area contributed by atoms with Crippen molar-refractivity contribution < 1.29 is 9.47 Å². The first kappa shape index (κ1) is 16.3. The molecule has 1 rings (SSSR count). The minimum Gasteiger partial charge on any atom is -0.495 e. The van der Waals surface area contributed by atoms with Gasteiger partial charge in [-0.05, 0) is 53.4 Å². The standard InChI is InChI=1S/C15H24BrNO2/c1-6-17-11(3)9-10(2)12-7-8-13(18-4)14(16)15(12)19-5/h7-8,10-11,17H,6,9H2,1-5H3. The molecule has 2 atom stereocenters. The third-order valence-corrected chi connectivity index (χ3v) is 4.06. The first-order chi connectivity index (χ1) is 9.04. The maximum Gasteiger partial charge on any atom is 0.140 e. The average molecular weight is 330 g/mol. The highest BCUT2D eigenvalue weighted by Gasteiger charge is 2.18. The molecular weight excluding hydrogens is 306 g/mol. The lowest BCUT2D eigenvalue weighted by Crippen LogP contribution is -2.27.